The van der Waals surface area contributed by atoms with Gasteiger partial charge in [-0.15, -0.1) is 0 Å². The topological polar surface area (TPSA) is 84.7 Å². The normalized spacial score (nSPS) is 10.8. The lowest BCUT2D eigenvalue weighted by Crippen LogP contribution is -2.15. The van der Waals surface area contributed by atoms with E-state index in [4.69, 9.17) is 5.73 Å². The number of nitrogens with one attached hydrogen (secondary N) is 1. The summed E-state index contributed by atoms with van der Waals surface area (Å²) in [5.74, 6) is -0.596. The minimum absolute atomic E-state index is 0.0298. The van der Waals surface area contributed by atoms with Gasteiger partial charge in [0, 0.05) is 28.4 Å². The Kier molecular flexibility index (Phi) is 2.52. The predicted octanol–water partition coefficient (Wildman–Crippen LogP) is 2.03. The summed E-state index contributed by atoms with van der Waals surface area (Å²) in [6.45, 7) is 1.97. The number of rotatable bonds is 2. The number of para-hydroxylation sites is 1. The van der Waals surface area contributed by atoms with E-state index in [0.29, 0.717) is 5.69 Å². The first-order chi connectivity index (χ1) is 9.16. The van der Waals surface area contributed by atoms with E-state index in [0.717, 1.165) is 22.2 Å². The van der Waals surface area contributed by atoms with Crippen LogP contribution in [-0.4, -0.2) is 20.9 Å². The molecule has 1 aromatic carbocycles. The Morgan fingerprint density at radius 2 is 2.05 bits per heavy atom. The number of benzene rings is 1. The van der Waals surface area contributed by atoms with E-state index >= 15 is 0 Å². The van der Waals surface area contributed by atoms with Crippen LogP contribution in [0.4, 0.5) is 0 Å². The molecule has 0 fully saturated rings. The second kappa shape index (κ2) is 4.20. The maximum Gasteiger partial charge on any atom is 0.286 e. The van der Waals surface area contributed by atoms with Gasteiger partial charge in [0.1, 0.15) is 0 Å². The fourth-order valence-electron chi connectivity index (χ4n) is 2.22. The highest BCUT2D eigenvalue weighted by Gasteiger charge is 2.13. The van der Waals surface area contributed by atoms with Gasteiger partial charge in [-0.1, -0.05) is 18.2 Å². The molecule has 1 amide bonds. The summed E-state index contributed by atoms with van der Waals surface area (Å²) >= 11 is 0. The number of carbonyl (C=O) groups is 1. The number of hydrogen-bond acceptors (Lipinski definition) is 3. The number of hydrogen-bond donors (Lipinski definition) is 2. The molecule has 0 bridgehead atoms. The molecule has 0 aliphatic rings. The van der Waals surface area contributed by atoms with Crippen LogP contribution >= 0.6 is 0 Å². The van der Waals surface area contributed by atoms with Crippen molar-refractivity contribution in [3.05, 3.63) is 48.0 Å². The van der Waals surface area contributed by atoms with Crippen molar-refractivity contribution in [3.63, 3.8) is 0 Å². The van der Waals surface area contributed by atoms with Crippen LogP contribution in [0.25, 0.3) is 22.2 Å². The summed E-state index contributed by atoms with van der Waals surface area (Å²) in [5, 5.41) is 1.06. The van der Waals surface area contributed by atoms with Crippen molar-refractivity contribution >= 4 is 16.8 Å². The molecule has 19 heavy (non-hydrogen) atoms. The average molecular weight is 252 g/mol. The molecule has 0 atom stereocenters. The first-order valence-electron chi connectivity index (χ1n) is 5.87. The number of primary amides is 1. The second-order valence-electron chi connectivity index (χ2n) is 4.30. The Hall–Kier alpha value is -2.69. The monoisotopic (exact) mass is 252 g/mol. The minimum atomic E-state index is -0.626. The molecule has 2 aromatic heterocycles. The van der Waals surface area contributed by atoms with Crippen LogP contribution in [0.1, 0.15) is 16.3 Å². The third kappa shape index (κ3) is 1.85. The molecule has 2 heterocycles. The number of aromatic amines is 1. The minimum Gasteiger partial charge on any atom is -0.363 e. The predicted molar refractivity (Wildman–Crippen MR) is 72.6 cm³/mol. The number of carbonyl (C=O) groups excluding carboxylic acids is 1. The van der Waals surface area contributed by atoms with Crippen LogP contribution < -0.4 is 5.73 Å². The summed E-state index contributed by atoms with van der Waals surface area (Å²) < 4.78 is 0. The number of H-pyrrole nitrogens is 1. The first kappa shape index (κ1) is 11.4. The van der Waals surface area contributed by atoms with Gasteiger partial charge in [0.2, 0.25) is 5.82 Å². The van der Waals surface area contributed by atoms with Crippen molar-refractivity contribution in [3.8, 4) is 11.3 Å². The smallest absolute Gasteiger partial charge is 0.286 e. The van der Waals surface area contributed by atoms with E-state index in [-0.39, 0.29) is 5.82 Å². The van der Waals surface area contributed by atoms with Gasteiger partial charge in [-0.3, -0.25) is 4.79 Å². The molecule has 0 saturated carbocycles. The van der Waals surface area contributed by atoms with Crippen LogP contribution in [0.2, 0.25) is 0 Å². The molecule has 0 unspecified atom stereocenters. The van der Waals surface area contributed by atoms with Gasteiger partial charge in [-0.05, 0) is 19.1 Å². The van der Waals surface area contributed by atoms with Gasteiger partial charge in [0.15, 0.2) is 0 Å². The first-order valence-corrected chi connectivity index (χ1v) is 5.87. The van der Waals surface area contributed by atoms with E-state index in [1.165, 1.54) is 0 Å². The molecule has 0 saturated heterocycles. The van der Waals surface area contributed by atoms with Crippen LogP contribution in [0.5, 0.6) is 0 Å². The SMILES string of the molecule is Cc1[nH]c2ccccc2c1-c1ccnc(C(N)=O)n1. The average Bonchev–Trinajstić information content (AvgIpc) is 2.74. The number of amides is 1. The number of aromatic nitrogens is 3. The summed E-state index contributed by atoms with van der Waals surface area (Å²) in [5.41, 5.74) is 8.91. The largest absolute Gasteiger partial charge is 0.363 e. The fraction of sp³-hybridized carbons (Fsp3) is 0.0714. The number of fused-ring (bicyclic) bond motifs is 1. The Labute approximate surface area is 109 Å². The van der Waals surface area contributed by atoms with Gasteiger partial charge < -0.3 is 10.7 Å². The summed E-state index contributed by atoms with van der Waals surface area (Å²) in [4.78, 5) is 22.5. The quantitative estimate of drug-likeness (QED) is 0.731. The number of nitrogens with zero attached hydrogens (tertiary/aromatic N) is 2. The second-order valence-corrected chi connectivity index (χ2v) is 4.30. The van der Waals surface area contributed by atoms with Crippen molar-refractivity contribution in [2.75, 3.05) is 0 Å². The lowest BCUT2D eigenvalue weighted by Gasteiger charge is -2.02. The highest BCUT2D eigenvalue weighted by molar-refractivity contribution is 5.97. The molecule has 3 aromatic rings. The summed E-state index contributed by atoms with van der Waals surface area (Å²) in [6, 6.07) is 9.73. The van der Waals surface area contributed by atoms with Crippen LogP contribution in [0.15, 0.2) is 36.5 Å². The standard InChI is InChI=1S/C14H12N4O/c1-8-12(9-4-2-3-5-10(9)17-8)11-6-7-16-14(18-11)13(15)19/h2-7,17H,1H3,(H2,15,19). The Morgan fingerprint density at radius 3 is 2.84 bits per heavy atom. The lowest BCUT2D eigenvalue weighted by molar-refractivity contribution is 0.0990. The van der Waals surface area contributed by atoms with Crippen molar-refractivity contribution < 1.29 is 4.79 Å². The number of aryl methyl sites for hydroxylation is 1. The van der Waals surface area contributed by atoms with Gasteiger partial charge in [-0.2, -0.15) is 0 Å². The van der Waals surface area contributed by atoms with Crippen molar-refractivity contribution in [2.24, 2.45) is 5.73 Å². The third-order valence-corrected chi connectivity index (χ3v) is 3.03. The molecule has 0 radical (unpaired) electrons. The van der Waals surface area contributed by atoms with Crippen molar-refractivity contribution in [2.45, 2.75) is 6.92 Å². The van der Waals surface area contributed by atoms with Gasteiger partial charge in [0.05, 0.1) is 5.69 Å². The Balaban J connectivity index is 2.27. The molecule has 94 valence electrons. The highest BCUT2D eigenvalue weighted by atomic mass is 16.1. The van der Waals surface area contributed by atoms with E-state index in [2.05, 4.69) is 15.0 Å². The zero-order valence-electron chi connectivity index (χ0n) is 10.3. The molecule has 0 aliphatic carbocycles. The molecular formula is C14H12N4O. The number of nitrogens with two attached hydrogens (primary N) is 1. The molecule has 3 rings (SSSR count). The zero-order chi connectivity index (χ0) is 13.4. The van der Waals surface area contributed by atoms with E-state index in [1.54, 1.807) is 12.3 Å². The van der Waals surface area contributed by atoms with Crippen LogP contribution in [0.3, 0.4) is 0 Å². The maximum atomic E-state index is 11.2. The molecule has 3 N–H and O–H groups in total. The molecular weight excluding hydrogens is 240 g/mol. The highest BCUT2D eigenvalue weighted by Crippen LogP contribution is 2.30. The molecule has 0 aliphatic heterocycles. The van der Waals surface area contributed by atoms with Gasteiger partial charge in [-0.25, -0.2) is 9.97 Å². The van der Waals surface area contributed by atoms with E-state index in [1.807, 2.05) is 31.2 Å². The maximum absolute atomic E-state index is 11.2. The van der Waals surface area contributed by atoms with Crippen molar-refractivity contribution in [1.82, 2.24) is 15.0 Å². The van der Waals surface area contributed by atoms with E-state index in [9.17, 15) is 4.79 Å². The Bertz CT molecular complexity index is 776. The van der Waals surface area contributed by atoms with Crippen LogP contribution in [0, 0.1) is 6.92 Å². The van der Waals surface area contributed by atoms with Crippen LogP contribution in [-0.2, 0) is 0 Å². The van der Waals surface area contributed by atoms with Gasteiger partial charge in [0.25, 0.3) is 5.91 Å². The van der Waals surface area contributed by atoms with E-state index < -0.39 is 5.91 Å². The third-order valence-electron chi connectivity index (χ3n) is 3.03. The summed E-state index contributed by atoms with van der Waals surface area (Å²) in [7, 11) is 0. The van der Waals surface area contributed by atoms with Gasteiger partial charge >= 0.3 is 0 Å². The zero-order valence-corrected chi connectivity index (χ0v) is 10.3. The molecule has 5 nitrogen and oxygen atoms in total. The molecule has 0 spiro atoms. The Morgan fingerprint density at radius 1 is 1.26 bits per heavy atom. The fourth-order valence-corrected chi connectivity index (χ4v) is 2.22. The van der Waals surface area contributed by atoms with Crippen molar-refractivity contribution in [1.29, 1.82) is 0 Å². The molecule has 5 heteroatoms. The summed E-state index contributed by atoms with van der Waals surface area (Å²) in [6.07, 6.45) is 1.55. The lowest BCUT2D eigenvalue weighted by atomic mass is 10.1.